The second-order valence-corrected chi connectivity index (χ2v) is 7.13. The maximum atomic E-state index is 13.4. The zero-order chi connectivity index (χ0) is 19.7. The molecule has 142 valence electrons. The van der Waals surface area contributed by atoms with Gasteiger partial charge in [0, 0.05) is 24.7 Å². The van der Waals surface area contributed by atoms with Crippen LogP contribution >= 0.6 is 0 Å². The largest absolute Gasteiger partial charge is 0.465 e. The SMILES string of the molecule is COC(=O)c1ccc(CN(C)C(=O)c2c3c(nc4ccccc24)CCC3)cc1. The smallest absolute Gasteiger partial charge is 0.337 e. The zero-order valence-corrected chi connectivity index (χ0v) is 16.1. The fourth-order valence-electron chi connectivity index (χ4n) is 3.86. The predicted molar refractivity (Wildman–Crippen MR) is 107 cm³/mol. The Balaban J connectivity index is 1.64. The van der Waals surface area contributed by atoms with Gasteiger partial charge in [-0.3, -0.25) is 9.78 Å². The number of hydrogen-bond donors (Lipinski definition) is 0. The normalized spacial score (nSPS) is 12.6. The summed E-state index contributed by atoms with van der Waals surface area (Å²) in [5.74, 6) is -0.358. The number of benzene rings is 2. The highest BCUT2D eigenvalue weighted by Crippen LogP contribution is 2.31. The van der Waals surface area contributed by atoms with Crippen LogP contribution < -0.4 is 0 Å². The van der Waals surface area contributed by atoms with Crippen LogP contribution in [0.15, 0.2) is 48.5 Å². The lowest BCUT2D eigenvalue weighted by Gasteiger charge is -2.20. The van der Waals surface area contributed by atoms with Crippen molar-refractivity contribution in [2.24, 2.45) is 0 Å². The number of hydrogen-bond acceptors (Lipinski definition) is 4. The van der Waals surface area contributed by atoms with Gasteiger partial charge in [0.25, 0.3) is 5.91 Å². The number of para-hydroxylation sites is 1. The molecule has 0 saturated heterocycles. The van der Waals surface area contributed by atoms with Crippen LogP contribution in [0.25, 0.3) is 10.9 Å². The number of esters is 1. The summed E-state index contributed by atoms with van der Waals surface area (Å²) in [6.45, 7) is 0.464. The van der Waals surface area contributed by atoms with E-state index < -0.39 is 0 Å². The predicted octanol–water partition coefficient (Wildman–Crippen LogP) is 3.78. The van der Waals surface area contributed by atoms with Gasteiger partial charge in [-0.2, -0.15) is 0 Å². The first-order valence-corrected chi connectivity index (χ1v) is 9.41. The number of pyridine rings is 1. The standard InChI is InChI=1S/C23H22N2O3/c1-25(14-15-10-12-16(13-11-15)23(27)28-2)22(26)21-17-6-3-4-8-19(17)24-20-9-5-7-18(20)21/h3-4,6,8,10-13H,5,7,9,14H2,1-2H3. The van der Waals surface area contributed by atoms with E-state index in [1.165, 1.54) is 7.11 Å². The van der Waals surface area contributed by atoms with Gasteiger partial charge in [-0.15, -0.1) is 0 Å². The number of rotatable bonds is 4. The zero-order valence-electron chi connectivity index (χ0n) is 16.1. The van der Waals surface area contributed by atoms with E-state index in [1.54, 1.807) is 17.0 Å². The molecule has 1 amide bonds. The summed E-state index contributed by atoms with van der Waals surface area (Å²) in [5, 5.41) is 0.918. The Labute approximate surface area is 163 Å². The van der Waals surface area contributed by atoms with Gasteiger partial charge in [-0.1, -0.05) is 30.3 Å². The van der Waals surface area contributed by atoms with Gasteiger partial charge in [0.15, 0.2) is 0 Å². The molecule has 5 nitrogen and oxygen atoms in total. The average molecular weight is 374 g/mol. The van der Waals surface area contributed by atoms with E-state index in [0.29, 0.717) is 12.1 Å². The second-order valence-electron chi connectivity index (χ2n) is 7.13. The molecule has 0 radical (unpaired) electrons. The lowest BCUT2D eigenvalue weighted by Crippen LogP contribution is -2.27. The summed E-state index contributed by atoms with van der Waals surface area (Å²) in [5.41, 5.74) is 5.26. The fraction of sp³-hybridized carbons (Fsp3) is 0.261. The van der Waals surface area contributed by atoms with Crippen LogP contribution in [0.5, 0.6) is 0 Å². The van der Waals surface area contributed by atoms with Crippen molar-refractivity contribution in [2.45, 2.75) is 25.8 Å². The van der Waals surface area contributed by atoms with E-state index >= 15 is 0 Å². The number of aromatic nitrogens is 1. The number of carbonyl (C=O) groups excluding carboxylic acids is 2. The average Bonchev–Trinajstić information content (AvgIpc) is 3.19. The van der Waals surface area contributed by atoms with Crippen molar-refractivity contribution < 1.29 is 14.3 Å². The molecule has 28 heavy (non-hydrogen) atoms. The lowest BCUT2D eigenvalue weighted by molar-refractivity contribution is 0.0600. The number of aryl methyl sites for hydroxylation is 1. The van der Waals surface area contributed by atoms with Crippen molar-refractivity contribution in [3.63, 3.8) is 0 Å². The minimum Gasteiger partial charge on any atom is -0.465 e. The molecule has 1 aromatic heterocycles. The summed E-state index contributed by atoms with van der Waals surface area (Å²) in [4.78, 5) is 31.4. The highest BCUT2D eigenvalue weighted by atomic mass is 16.5. The van der Waals surface area contributed by atoms with Gasteiger partial charge >= 0.3 is 5.97 Å². The third kappa shape index (κ3) is 3.24. The molecule has 0 saturated carbocycles. The number of amides is 1. The number of carbonyl (C=O) groups is 2. The van der Waals surface area contributed by atoms with Crippen molar-refractivity contribution in [1.82, 2.24) is 9.88 Å². The lowest BCUT2D eigenvalue weighted by atomic mass is 10.00. The molecule has 0 bridgehead atoms. The molecule has 5 heteroatoms. The monoisotopic (exact) mass is 374 g/mol. The van der Waals surface area contributed by atoms with Gasteiger partial charge in [-0.25, -0.2) is 4.79 Å². The summed E-state index contributed by atoms with van der Waals surface area (Å²) in [6, 6.07) is 15.0. The van der Waals surface area contributed by atoms with Crippen LogP contribution in [0.4, 0.5) is 0 Å². The summed E-state index contributed by atoms with van der Waals surface area (Å²) in [7, 11) is 3.17. The minimum absolute atomic E-state index is 0.00814. The minimum atomic E-state index is -0.366. The number of nitrogens with zero attached hydrogens (tertiary/aromatic N) is 2. The Morgan fingerprint density at radius 2 is 1.82 bits per heavy atom. The molecule has 0 spiro atoms. The highest BCUT2D eigenvalue weighted by Gasteiger charge is 2.25. The van der Waals surface area contributed by atoms with Crippen LogP contribution in [0.2, 0.25) is 0 Å². The molecule has 0 unspecified atom stereocenters. The Morgan fingerprint density at radius 3 is 2.57 bits per heavy atom. The second kappa shape index (κ2) is 7.43. The third-order valence-corrected chi connectivity index (χ3v) is 5.27. The Hall–Kier alpha value is -3.21. The molecule has 4 rings (SSSR count). The van der Waals surface area contributed by atoms with Crippen LogP contribution in [-0.2, 0) is 24.1 Å². The molecule has 0 fully saturated rings. The van der Waals surface area contributed by atoms with E-state index in [4.69, 9.17) is 9.72 Å². The van der Waals surface area contributed by atoms with E-state index in [-0.39, 0.29) is 11.9 Å². The van der Waals surface area contributed by atoms with Gasteiger partial charge in [0.05, 0.1) is 23.8 Å². The van der Waals surface area contributed by atoms with Crippen LogP contribution in [0.1, 0.15) is 44.0 Å². The Kier molecular flexibility index (Phi) is 4.82. The first-order valence-electron chi connectivity index (χ1n) is 9.41. The summed E-state index contributed by atoms with van der Waals surface area (Å²) < 4.78 is 4.73. The fourth-order valence-corrected chi connectivity index (χ4v) is 3.86. The van der Waals surface area contributed by atoms with E-state index in [2.05, 4.69) is 0 Å². The van der Waals surface area contributed by atoms with Gasteiger partial charge in [0.1, 0.15) is 0 Å². The van der Waals surface area contributed by atoms with Gasteiger partial charge in [0.2, 0.25) is 0 Å². The van der Waals surface area contributed by atoms with Crippen molar-refractivity contribution in [3.8, 4) is 0 Å². The number of fused-ring (bicyclic) bond motifs is 2. The van der Waals surface area contributed by atoms with Crippen molar-refractivity contribution in [2.75, 3.05) is 14.2 Å². The number of ether oxygens (including phenoxy) is 1. The molecule has 1 heterocycles. The number of methoxy groups -OCH3 is 1. The van der Waals surface area contributed by atoms with E-state index in [9.17, 15) is 9.59 Å². The van der Waals surface area contributed by atoms with Crippen LogP contribution in [0, 0.1) is 0 Å². The molecule has 0 aliphatic heterocycles. The first-order chi connectivity index (χ1) is 13.6. The van der Waals surface area contributed by atoms with Crippen molar-refractivity contribution in [3.05, 3.63) is 76.5 Å². The van der Waals surface area contributed by atoms with Gasteiger partial charge < -0.3 is 9.64 Å². The van der Waals surface area contributed by atoms with E-state index in [1.807, 2.05) is 43.4 Å². The molecule has 0 N–H and O–H groups in total. The molecule has 0 atom stereocenters. The topological polar surface area (TPSA) is 59.5 Å². The summed E-state index contributed by atoms with van der Waals surface area (Å²) >= 11 is 0. The molecule has 3 aromatic rings. The molecular formula is C23H22N2O3. The molecule has 1 aliphatic rings. The third-order valence-electron chi connectivity index (χ3n) is 5.27. The Bertz CT molecular complexity index is 1060. The van der Waals surface area contributed by atoms with Crippen LogP contribution in [0.3, 0.4) is 0 Å². The van der Waals surface area contributed by atoms with Gasteiger partial charge in [-0.05, 0) is 48.6 Å². The quantitative estimate of drug-likeness (QED) is 0.652. The Morgan fingerprint density at radius 1 is 1.07 bits per heavy atom. The maximum absolute atomic E-state index is 13.4. The molecule has 2 aromatic carbocycles. The van der Waals surface area contributed by atoms with Crippen molar-refractivity contribution in [1.29, 1.82) is 0 Å². The van der Waals surface area contributed by atoms with Crippen LogP contribution in [-0.4, -0.2) is 35.9 Å². The first kappa shape index (κ1) is 18.2. The molecular weight excluding hydrogens is 352 g/mol. The summed E-state index contributed by atoms with van der Waals surface area (Å²) in [6.07, 6.45) is 2.87. The highest BCUT2D eigenvalue weighted by molar-refractivity contribution is 6.07. The van der Waals surface area contributed by atoms with E-state index in [0.717, 1.165) is 52.5 Å². The maximum Gasteiger partial charge on any atom is 0.337 e. The molecule has 1 aliphatic carbocycles. The van der Waals surface area contributed by atoms with Crippen molar-refractivity contribution >= 4 is 22.8 Å².